The molecule has 1 rings (SSSR count). The Balaban J connectivity index is 2.90. The maximum atomic E-state index is 11.1. The maximum Gasteiger partial charge on any atom is 0.253 e. The summed E-state index contributed by atoms with van der Waals surface area (Å²) >= 11 is 0. The second-order valence-corrected chi connectivity index (χ2v) is 2.71. The van der Waals surface area contributed by atoms with E-state index in [1.165, 1.54) is 0 Å². The van der Waals surface area contributed by atoms with Gasteiger partial charge in [-0.25, -0.2) is 0 Å². The molecule has 0 aliphatic carbocycles. The Labute approximate surface area is 66.5 Å². The fraction of sp³-hybridized carbons (Fsp3) is 0.429. The van der Waals surface area contributed by atoms with E-state index in [1.54, 1.807) is 13.8 Å². The highest BCUT2D eigenvalue weighted by Gasteiger charge is 2.29. The molecule has 1 heterocycles. The van der Waals surface area contributed by atoms with Gasteiger partial charge in [0, 0.05) is 12.1 Å². The zero-order valence-corrected chi connectivity index (χ0v) is 6.50. The summed E-state index contributed by atoms with van der Waals surface area (Å²) in [7, 11) is 5.25. The van der Waals surface area contributed by atoms with E-state index in [0.717, 1.165) is 11.0 Å². The van der Waals surface area contributed by atoms with Crippen molar-refractivity contribution in [2.24, 2.45) is 0 Å². The van der Waals surface area contributed by atoms with Gasteiger partial charge >= 0.3 is 0 Å². The fourth-order valence-corrected chi connectivity index (χ4v) is 0.992. The van der Waals surface area contributed by atoms with Gasteiger partial charge in [0.15, 0.2) is 0 Å². The molecular weight excluding hydrogens is 141 g/mol. The van der Waals surface area contributed by atoms with Crippen LogP contribution in [-0.4, -0.2) is 30.6 Å². The highest BCUT2D eigenvalue weighted by molar-refractivity contribution is 6.42. The van der Waals surface area contributed by atoms with Gasteiger partial charge in [-0.2, -0.15) is 0 Å². The van der Waals surface area contributed by atoms with Crippen molar-refractivity contribution >= 4 is 19.7 Å². The van der Waals surface area contributed by atoms with Crippen LogP contribution < -0.4 is 0 Å². The first-order chi connectivity index (χ1) is 5.04. The zero-order chi connectivity index (χ0) is 8.59. The third-order valence-corrected chi connectivity index (χ3v) is 1.50. The minimum absolute atomic E-state index is 0.0312. The lowest BCUT2D eigenvalue weighted by atomic mass is 9.96. The average molecular weight is 149 g/mol. The Morgan fingerprint density at radius 3 is 2.18 bits per heavy atom. The lowest BCUT2D eigenvalue weighted by molar-refractivity contribution is -0.138. The molecule has 56 valence electrons. The summed E-state index contributed by atoms with van der Waals surface area (Å²) in [5.41, 5.74) is 0.0312. The normalized spacial score (nSPS) is 18.1. The molecule has 1 aliphatic heterocycles. The number of carbonyl (C=O) groups excluding carboxylic acids is 2. The molecule has 0 saturated heterocycles. The number of rotatable bonds is 1. The van der Waals surface area contributed by atoms with Gasteiger partial charge in [0.2, 0.25) is 5.91 Å². The monoisotopic (exact) mass is 149 g/mol. The van der Waals surface area contributed by atoms with Crippen LogP contribution in [-0.2, 0) is 9.59 Å². The van der Waals surface area contributed by atoms with E-state index in [4.69, 9.17) is 7.85 Å². The topological polar surface area (TPSA) is 37.4 Å². The number of amides is 2. The van der Waals surface area contributed by atoms with Crippen LogP contribution in [0.4, 0.5) is 0 Å². The van der Waals surface area contributed by atoms with Gasteiger partial charge < -0.3 is 0 Å². The molecule has 0 N–H and O–H groups in total. The molecule has 2 amide bonds. The highest BCUT2D eigenvalue weighted by atomic mass is 16.2. The Hall–Kier alpha value is -1.06. The quantitative estimate of drug-likeness (QED) is 0.383. The molecule has 0 unspecified atom stereocenters. The van der Waals surface area contributed by atoms with E-state index in [0.29, 0.717) is 0 Å². The van der Waals surface area contributed by atoms with Gasteiger partial charge in [0.05, 0.1) is 0 Å². The van der Waals surface area contributed by atoms with Crippen molar-refractivity contribution in [3.05, 3.63) is 11.5 Å². The molecule has 0 aromatic heterocycles. The van der Waals surface area contributed by atoms with E-state index < -0.39 is 0 Å². The first-order valence-electron chi connectivity index (χ1n) is 3.38. The number of hydrogen-bond donors (Lipinski definition) is 0. The van der Waals surface area contributed by atoms with Crippen LogP contribution in [0.1, 0.15) is 13.8 Å². The standard InChI is InChI=1S/C7H8BNO2/c1-4(2)9-6(10)3-5(8)7(9)11/h3-4H,1-2H3. The van der Waals surface area contributed by atoms with Gasteiger partial charge in [0.1, 0.15) is 7.85 Å². The first-order valence-corrected chi connectivity index (χ1v) is 3.38. The Morgan fingerprint density at radius 1 is 1.45 bits per heavy atom. The summed E-state index contributed by atoms with van der Waals surface area (Å²) < 4.78 is 0. The molecule has 0 saturated carbocycles. The smallest absolute Gasteiger partial charge is 0.253 e. The van der Waals surface area contributed by atoms with Gasteiger partial charge in [0.25, 0.3) is 5.91 Å². The molecule has 0 bridgehead atoms. The van der Waals surface area contributed by atoms with Crippen LogP contribution in [0, 0.1) is 0 Å². The van der Waals surface area contributed by atoms with E-state index in [9.17, 15) is 9.59 Å². The SMILES string of the molecule is [B]C1=CC(=O)N(C(C)C)C1=O. The fourth-order valence-electron chi connectivity index (χ4n) is 0.992. The predicted octanol–water partition coefficient (Wildman–Crippen LogP) is -0.184. The molecule has 0 aromatic rings. The zero-order valence-electron chi connectivity index (χ0n) is 6.50. The van der Waals surface area contributed by atoms with E-state index >= 15 is 0 Å². The van der Waals surface area contributed by atoms with E-state index in [1.807, 2.05) is 0 Å². The number of imide groups is 1. The summed E-state index contributed by atoms with van der Waals surface area (Å²) in [6, 6.07) is -0.118. The summed E-state index contributed by atoms with van der Waals surface area (Å²) in [4.78, 5) is 23.2. The largest absolute Gasteiger partial charge is 0.273 e. The van der Waals surface area contributed by atoms with Crippen LogP contribution in [0.3, 0.4) is 0 Å². The molecular formula is C7H8BNO2. The van der Waals surface area contributed by atoms with Crippen molar-refractivity contribution in [2.45, 2.75) is 19.9 Å². The molecule has 3 nitrogen and oxygen atoms in total. The van der Waals surface area contributed by atoms with E-state index in [-0.39, 0.29) is 23.3 Å². The van der Waals surface area contributed by atoms with Crippen molar-refractivity contribution in [1.82, 2.24) is 4.90 Å². The molecule has 0 fully saturated rings. The summed E-state index contributed by atoms with van der Waals surface area (Å²) in [5, 5.41) is 0. The van der Waals surface area contributed by atoms with Crippen molar-refractivity contribution < 1.29 is 9.59 Å². The first kappa shape index (κ1) is 8.05. The average Bonchev–Trinajstić information content (AvgIpc) is 2.07. The minimum Gasteiger partial charge on any atom is -0.273 e. The van der Waals surface area contributed by atoms with Crippen LogP contribution in [0.25, 0.3) is 0 Å². The highest BCUT2D eigenvalue weighted by Crippen LogP contribution is 2.12. The summed E-state index contributed by atoms with van der Waals surface area (Å²) in [6.45, 7) is 3.53. The molecule has 2 radical (unpaired) electrons. The van der Waals surface area contributed by atoms with Crippen molar-refractivity contribution in [3.8, 4) is 0 Å². The molecule has 0 spiro atoms. The lowest BCUT2D eigenvalue weighted by Gasteiger charge is -2.18. The number of nitrogens with zero attached hydrogens (tertiary/aromatic N) is 1. The van der Waals surface area contributed by atoms with Crippen LogP contribution in [0.5, 0.6) is 0 Å². The number of carbonyl (C=O) groups is 2. The Morgan fingerprint density at radius 2 is 2.00 bits per heavy atom. The molecule has 0 aromatic carbocycles. The van der Waals surface area contributed by atoms with Gasteiger partial charge in [-0.3, -0.25) is 14.5 Å². The molecule has 11 heavy (non-hydrogen) atoms. The second kappa shape index (κ2) is 2.53. The van der Waals surface area contributed by atoms with Gasteiger partial charge in [-0.05, 0) is 19.3 Å². The van der Waals surface area contributed by atoms with Crippen molar-refractivity contribution in [2.75, 3.05) is 0 Å². The van der Waals surface area contributed by atoms with Crippen molar-refractivity contribution in [1.29, 1.82) is 0 Å². The summed E-state index contributed by atoms with van der Waals surface area (Å²) in [5.74, 6) is -0.701. The molecule has 0 atom stereocenters. The predicted molar refractivity (Wildman–Crippen MR) is 40.8 cm³/mol. The lowest BCUT2D eigenvalue weighted by Crippen LogP contribution is -2.37. The Bertz CT molecular complexity index is 245. The maximum absolute atomic E-state index is 11.1. The minimum atomic E-state index is -0.384. The van der Waals surface area contributed by atoms with Gasteiger partial charge in [-0.1, -0.05) is 0 Å². The van der Waals surface area contributed by atoms with Crippen LogP contribution in [0.15, 0.2) is 11.5 Å². The third-order valence-electron chi connectivity index (χ3n) is 1.50. The van der Waals surface area contributed by atoms with E-state index in [2.05, 4.69) is 0 Å². The third kappa shape index (κ3) is 1.20. The molecule has 4 heteroatoms. The number of hydrogen-bond acceptors (Lipinski definition) is 2. The Kier molecular flexibility index (Phi) is 1.85. The summed E-state index contributed by atoms with van der Waals surface area (Å²) in [6.07, 6.45) is 1.16. The van der Waals surface area contributed by atoms with Gasteiger partial charge in [-0.15, -0.1) is 0 Å². The molecule has 1 aliphatic rings. The van der Waals surface area contributed by atoms with Crippen molar-refractivity contribution in [3.63, 3.8) is 0 Å². The van der Waals surface area contributed by atoms with Crippen LogP contribution in [0.2, 0.25) is 0 Å². The second-order valence-electron chi connectivity index (χ2n) is 2.71. The van der Waals surface area contributed by atoms with Crippen LogP contribution >= 0.6 is 0 Å².